The van der Waals surface area contributed by atoms with Crippen LogP contribution in [0.2, 0.25) is 10.0 Å². The number of hydrogen-bond donors (Lipinski definition) is 2. The first kappa shape index (κ1) is 66.1. The van der Waals surface area contributed by atoms with E-state index in [9.17, 15) is 19.2 Å². The number of aromatic nitrogens is 5. The van der Waals surface area contributed by atoms with Gasteiger partial charge in [-0.15, -0.1) is 11.5 Å². The van der Waals surface area contributed by atoms with Crippen LogP contribution in [0.5, 0.6) is 5.75 Å². The first-order valence-electron chi connectivity index (χ1n) is 28.1. The second-order valence-electron chi connectivity index (χ2n) is 21.7. The maximum Gasteiger partial charge on any atom is 0.352 e. The van der Waals surface area contributed by atoms with Crippen molar-refractivity contribution < 1.29 is 45.8 Å². The van der Waals surface area contributed by atoms with E-state index in [1.165, 1.54) is 59.0 Å². The van der Waals surface area contributed by atoms with Crippen LogP contribution in [0.3, 0.4) is 0 Å². The SMILES string of the molecule is C#CCN(CCCOc1ccc(Cl)cc1Cl)CCCSC(=O)CCCCCN1/C(=C\C=C2/CCCC(/C=C/C3=[N+](CCCCCC(=O)O)c4ccccc4C3(C)C)=C2Cl)C(C)(C)c2ccccc21.Cn1nnc2c(C(N)=O)ncn2c1=O.[Br-]. The zero-order valence-electron chi connectivity index (χ0n) is 48.0. The molecule has 0 bridgehead atoms. The average molecular weight is 1270 g/mol. The van der Waals surface area contributed by atoms with Crippen LogP contribution in [-0.2, 0) is 27.5 Å². The van der Waals surface area contributed by atoms with E-state index in [1.807, 2.05) is 0 Å². The highest BCUT2D eigenvalue weighted by molar-refractivity contribution is 8.13. The summed E-state index contributed by atoms with van der Waals surface area (Å²) in [7, 11) is 1.44. The van der Waals surface area contributed by atoms with Gasteiger partial charge in [-0.3, -0.25) is 19.3 Å². The molecule has 2 aromatic heterocycles. The van der Waals surface area contributed by atoms with E-state index in [2.05, 4.69) is 136 Å². The molecule has 1 amide bonds. The lowest BCUT2D eigenvalue weighted by atomic mass is 9.81. The standard InChI is InChI=1S/C57H68Cl3N3O4S.C6H6N6O2.BrH/c1-6-34-61(35-18-39-67-50-31-30-44(58)41-47(50)59)36-19-40-68-54(66)27-10-8-16-38-63-49-25-14-12-23-46(49)57(4,5)52(63)33-29-43-21-17-20-42(55(43)60)28-32-51-56(2,3)45-22-11-13-24-48(45)62(51)37-15-7-9-26-53(64)65;1-11-6(14)12-2-8-3(4(7)13)5(12)9-10-11;/h1,11-14,22-25,28-33,41H,7-10,15-21,26-27,34-40H2,2-5H3;2H,1H3,(H2,7,13);1H. The van der Waals surface area contributed by atoms with Crippen LogP contribution in [0.4, 0.5) is 11.4 Å². The second-order valence-corrected chi connectivity index (χ2v) is 24.1. The Balaban J connectivity index is 0.000000639. The number of anilines is 1. The molecule has 3 aliphatic rings. The molecule has 83 heavy (non-hydrogen) atoms. The number of amides is 1. The minimum absolute atomic E-state index is 0. The number of carbonyl (C=O) groups excluding carboxylic acids is 2. The molecule has 20 heteroatoms. The number of terminal acetylenes is 1. The van der Waals surface area contributed by atoms with Crippen molar-refractivity contribution in [3.05, 3.63) is 157 Å². The highest BCUT2D eigenvalue weighted by Crippen LogP contribution is 2.48. The lowest BCUT2D eigenvalue weighted by Crippen LogP contribution is -3.00. The molecule has 0 atom stereocenters. The number of para-hydroxylation sites is 2. The number of nitrogens with zero attached hydrogens (tertiary/aromatic N) is 8. The Hall–Kier alpha value is -6.00. The molecule has 0 saturated carbocycles. The normalized spacial score (nSPS) is 16.1. The number of carbonyl (C=O) groups is 3. The van der Waals surface area contributed by atoms with Crippen LogP contribution in [0.1, 0.15) is 133 Å². The Labute approximate surface area is 517 Å². The predicted molar refractivity (Wildman–Crippen MR) is 331 cm³/mol. The van der Waals surface area contributed by atoms with Crippen LogP contribution in [-0.4, -0.2) is 107 Å². The molecular weight excluding hydrogens is 1200 g/mol. The summed E-state index contributed by atoms with van der Waals surface area (Å²) in [6.45, 7) is 13.7. The summed E-state index contributed by atoms with van der Waals surface area (Å²) in [5.74, 6) is 2.69. The topological polar surface area (TPSA) is 181 Å². The molecule has 4 heterocycles. The van der Waals surface area contributed by atoms with Gasteiger partial charge in [0.2, 0.25) is 5.69 Å². The van der Waals surface area contributed by atoms with Crippen molar-refractivity contribution in [2.24, 2.45) is 12.8 Å². The smallest absolute Gasteiger partial charge is 0.352 e. The van der Waals surface area contributed by atoms with Crippen LogP contribution < -0.4 is 38.0 Å². The molecule has 2 aliphatic heterocycles. The van der Waals surface area contributed by atoms with Crippen LogP contribution in [0.25, 0.3) is 5.65 Å². The van der Waals surface area contributed by atoms with Gasteiger partial charge in [0.1, 0.15) is 18.6 Å². The molecular formula is C63H75BrCl3N9O6S. The lowest BCUT2D eigenvalue weighted by molar-refractivity contribution is -0.438. The zero-order valence-corrected chi connectivity index (χ0v) is 52.7. The van der Waals surface area contributed by atoms with Gasteiger partial charge in [-0.2, -0.15) is 9.26 Å². The van der Waals surface area contributed by atoms with Crippen LogP contribution in [0, 0.1) is 12.3 Å². The van der Waals surface area contributed by atoms with Gasteiger partial charge in [-0.1, -0.05) is 127 Å². The van der Waals surface area contributed by atoms with Gasteiger partial charge in [-0.25, -0.2) is 14.2 Å². The van der Waals surface area contributed by atoms with E-state index < -0.39 is 17.6 Å². The molecule has 0 saturated heterocycles. The molecule has 3 N–H and O–H groups in total. The Morgan fingerprint density at radius 2 is 1.61 bits per heavy atom. The van der Waals surface area contributed by atoms with Crippen molar-refractivity contribution in [1.82, 2.24) is 29.3 Å². The average Bonchev–Trinajstić information content (AvgIpc) is 2.14. The van der Waals surface area contributed by atoms with Crippen molar-refractivity contribution >= 4 is 86.3 Å². The Kier molecular flexibility index (Phi) is 24.9. The number of aryl methyl sites for hydroxylation is 1. The van der Waals surface area contributed by atoms with Crippen molar-refractivity contribution in [2.75, 3.05) is 50.0 Å². The summed E-state index contributed by atoms with van der Waals surface area (Å²) < 4.78 is 10.4. The molecule has 0 fully saturated rings. The summed E-state index contributed by atoms with van der Waals surface area (Å²) in [4.78, 5) is 54.6. The number of benzene rings is 3. The monoisotopic (exact) mass is 1270 g/mol. The minimum Gasteiger partial charge on any atom is -1.00 e. The number of thioether (sulfide) groups is 1. The summed E-state index contributed by atoms with van der Waals surface area (Å²) in [6.07, 6.45) is 26.6. The van der Waals surface area contributed by atoms with Gasteiger partial charge in [0, 0.05) is 89.7 Å². The number of nitrogens with two attached hydrogens (primary N) is 1. The fourth-order valence-electron chi connectivity index (χ4n) is 10.8. The highest BCUT2D eigenvalue weighted by Gasteiger charge is 2.44. The van der Waals surface area contributed by atoms with Crippen molar-refractivity contribution in [2.45, 2.75) is 122 Å². The Bertz CT molecular complexity index is 3400. The largest absolute Gasteiger partial charge is 1.00 e. The summed E-state index contributed by atoms with van der Waals surface area (Å²) in [6, 6.07) is 22.6. The first-order chi connectivity index (χ1) is 39.3. The molecule has 0 unspecified atom stereocenters. The third-order valence-electron chi connectivity index (χ3n) is 15.2. The van der Waals surface area contributed by atoms with Gasteiger partial charge < -0.3 is 37.5 Å². The predicted octanol–water partition coefficient (Wildman–Crippen LogP) is 9.40. The molecule has 442 valence electrons. The number of hydrogen-bond acceptors (Lipinski definition) is 11. The number of allylic oxidation sites excluding steroid dienone is 8. The number of rotatable bonds is 26. The maximum atomic E-state index is 12.9. The summed E-state index contributed by atoms with van der Waals surface area (Å²) >= 11 is 21.0. The fraction of sp³-hybridized carbons (Fsp3) is 0.429. The third-order valence-corrected chi connectivity index (χ3v) is 17.2. The Morgan fingerprint density at radius 3 is 2.36 bits per heavy atom. The van der Waals surface area contributed by atoms with Crippen molar-refractivity contribution in [3.8, 4) is 18.1 Å². The Morgan fingerprint density at radius 1 is 0.892 bits per heavy atom. The number of ether oxygens (including phenoxy) is 1. The van der Waals surface area contributed by atoms with Crippen LogP contribution in [0.15, 0.2) is 124 Å². The third kappa shape index (κ3) is 17.1. The number of carboxylic acid groups (broad SMARTS) is 1. The van der Waals surface area contributed by atoms with Gasteiger partial charge in [-0.05, 0) is 125 Å². The summed E-state index contributed by atoms with van der Waals surface area (Å²) in [5.41, 5.74) is 14.2. The van der Waals surface area contributed by atoms with Crippen LogP contribution >= 0.6 is 46.6 Å². The van der Waals surface area contributed by atoms with E-state index in [-0.39, 0.29) is 50.7 Å². The van der Waals surface area contributed by atoms with Gasteiger partial charge in [0.25, 0.3) is 5.91 Å². The minimum atomic E-state index is -0.741. The van der Waals surface area contributed by atoms with Crippen molar-refractivity contribution in [1.29, 1.82) is 0 Å². The van der Waals surface area contributed by atoms with E-state index in [0.717, 1.165) is 121 Å². The fourth-order valence-corrected chi connectivity index (χ4v) is 12.4. The van der Waals surface area contributed by atoms with Gasteiger partial charge in [0.05, 0.1) is 23.6 Å². The van der Waals surface area contributed by atoms with Gasteiger partial charge in [0.15, 0.2) is 22.2 Å². The van der Waals surface area contributed by atoms with E-state index >= 15 is 0 Å². The maximum absolute atomic E-state index is 12.9. The number of halogens is 4. The van der Waals surface area contributed by atoms with Gasteiger partial charge >= 0.3 is 11.7 Å². The molecule has 1 aliphatic carbocycles. The number of aliphatic carboxylic acids is 1. The van der Waals surface area contributed by atoms with E-state index in [4.69, 9.17) is 56.8 Å². The molecule has 8 rings (SSSR count). The molecule has 0 spiro atoms. The highest BCUT2D eigenvalue weighted by atomic mass is 79.9. The number of imidazole rings is 1. The quantitative estimate of drug-likeness (QED) is 0.0305. The second kappa shape index (κ2) is 31.2. The number of unbranched alkanes of at least 4 members (excludes halogenated alkanes) is 4. The van der Waals surface area contributed by atoms with Crippen molar-refractivity contribution in [3.63, 3.8) is 0 Å². The number of primary amides is 1. The molecule has 15 nitrogen and oxygen atoms in total. The molecule has 5 aromatic rings. The number of fused-ring (bicyclic) bond motifs is 3. The number of carboxylic acids is 1. The lowest BCUT2D eigenvalue weighted by Gasteiger charge is -2.27. The zero-order chi connectivity index (χ0) is 59.0. The molecule has 3 aromatic carbocycles. The van der Waals surface area contributed by atoms with E-state index in [1.54, 1.807) is 18.2 Å². The van der Waals surface area contributed by atoms with E-state index in [0.29, 0.717) is 41.8 Å². The summed E-state index contributed by atoms with van der Waals surface area (Å²) in [5, 5.41) is 18.5. The molecule has 0 radical (unpaired) electrons. The first-order valence-corrected chi connectivity index (χ1v) is 30.2.